The van der Waals surface area contributed by atoms with Crippen LogP contribution < -0.4 is 15.2 Å². The van der Waals surface area contributed by atoms with Crippen LogP contribution in [0.1, 0.15) is 5.56 Å². The van der Waals surface area contributed by atoms with Crippen molar-refractivity contribution in [3.05, 3.63) is 48.0 Å². The Morgan fingerprint density at radius 2 is 1.78 bits per heavy atom. The molecule has 0 unspecified atom stereocenters. The van der Waals surface area contributed by atoms with E-state index in [1.807, 2.05) is 0 Å². The van der Waals surface area contributed by atoms with Crippen molar-refractivity contribution < 1.29 is 26.3 Å². The number of hydrogen-bond acceptors (Lipinski definition) is 4. The number of ether oxygens (including phenoxy) is 1. The standard InChI is InChI=1S/C14H13F3N2O3S/c1-22-12-7-6-9(14(15,16)17)8-13(12)23(20,21)19-11-5-3-2-4-10(11)18/h2-8,19H,18H2,1H3. The molecule has 0 radical (unpaired) electrons. The maximum atomic E-state index is 12.8. The van der Waals surface area contributed by atoms with Crippen LogP contribution in [0.25, 0.3) is 0 Å². The molecule has 0 saturated carbocycles. The van der Waals surface area contributed by atoms with E-state index in [2.05, 4.69) is 4.72 Å². The minimum atomic E-state index is -4.68. The zero-order valence-electron chi connectivity index (χ0n) is 11.9. The predicted octanol–water partition coefficient (Wildman–Crippen LogP) is 3.10. The minimum absolute atomic E-state index is 0.0620. The second-order valence-corrected chi connectivity index (χ2v) is 6.21. The van der Waals surface area contributed by atoms with Crippen molar-refractivity contribution in [1.82, 2.24) is 0 Å². The third-order valence-electron chi connectivity index (χ3n) is 2.99. The molecule has 0 aromatic heterocycles. The normalized spacial score (nSPS) is 12.0. The predicted molar refractivity (Wildman–Crippen MR) is 79.7 cm³/mol. The van der Waals surface area contributed by atoms with Crippen LogP contribution >= 0.6 is 0 Å². The summed E-state index contributed by atoms with van der Waals surface area (Å²) >= 11 is 0. The molecule has 124 valence electrons. The highest BCUT2D eigenvalue weighted by Crippen LogP contribution is 2.35. The van der Waals surface area contributed by atoms with Crippen LogP contribution in [0.4, 0.5) is 24.5 Å². The molecule has 2 aromatic rings. The molecule has 23 heavy (non-hydrogen) atoms. The first kappa shape index (κ1) is 16.9. The smallest absolute Gasteiger partial charge is 0.416 e. The van der Waals surface area contributed by atoms with E-state index < -0.39 is 26.7 Å². The van der Waals surface area contributed by atoms with E-state index in [1.54, 1.807) is 6.07 Å². The van der Waals surface area contributed by atoms with Gasteiger partial charge in [-0.3, -0.25) is 4.72 Å². The molecule has 0 aliphatic rings. The van der Waals surface area contributed by atoms with Crippen LogP contribution in [0, 0.1) is 0 Å². The SMILES string of the molecule is COc1ccc(C(F)(F)F)cc1S(=O)(=O)Nc1ccccc1N. The van der Waals surface area contributed by atoms with Gasteiger partial charge >= 0.3 is 6.18 Å². The number of rotatable bonds is 4. The van der Waals surface area contributed by atoms with E-state index in [9.17, 15) is 21.6 Å². The Hall–Kier alpha value is -2.42. The molecular formula is C14H13F3N2O3S. The van der Waals surface area contributed by atoms with Crippen molar-refractivity contribution in [3.8, 4) is 5.75 Å². The topological polar surface area (TPSA) is 81.4 Å². The van der Waals surface area contributed by atoms with Crippen molar-refractivity contribution in [2.75, 3.05) is 17.6 Å². The van der Waals surface area contributed by atoms with E-state index in [0.29, 0.717) is 6.07 Å². The van der Waals surface area contributed by atoms with Crippen LogP contribution in [0.3, 0.4) is 0 Å². The molecule has 0 saturated heterocycles. The van der Waals surface area contributed by atoms with E-state index >= 15 is 0 Å². The van der Waals surface area contributed by atoms with E-state index in [0.717, 1.165) is 12.1 Å². The molecule has 2 aromatic carbocycles. The number of methoxy groups -OCH3 is 1. The van der Waals surface area contributed by atoms with Crippen LogP contribution in [0.5, 0.6) is 5.75 Å². The van der Waals surface area contributed by atoms with Crippen LogP contribution in [-0.2, 0) is 16.2 Å². The minimum Gasteiger partial charge on any atom is -0.495 e. The Morgan fingerprint density at radius 3 is 2.35 bits per heavy atom. The van der Waals surface area contributed by atoms with Gasteiger partial charge < -0.3 is 10.5 Å². The van der Waals surface area contributed by atoms with Gasteiger partial charge in [-0.25, -0.2) is 8.42 Å². The third-order valence-corrected chi connectivity index (χ3v) is 4.37. The summed E-state index contributed by atoms with van der Waals surface area (Å²) in [5, 5.41) is 0. The largest absolute Gasteiger partial charge is 0.495 e. The van der Waals surface area contributed by atoms with Crippen molar-refractivity contribution in [1.29, 1.82) is 0 Å². The molecule has 0 bridgehead atoms. The summed E-state index contributed by atoms with van der Waals surface area (Å²) in [4.78, 5) is -0.627. The quantitative estimate of drug-likeness (QED) is 0.834. The lowest BCUT2D eigenvalue weighted by Gasteiger charge is -2.15. The lowest BCUT2D eigenvalue weighted by Crippen LogP contribution is -2.16. The van der Waals surface area contributed by atoms with Gasteiger partial charge in [0.05, 0.1) is 24.0 Å². The van der Waals surface area contributed by atoms with Crippen molar-refractivity contribution in [2.24, 2.45) is 0 Å². The lowest BCUT2D eigenvalue weighted by molar-refractivity contribution is -0.137. The maximum absolute atomic E-state index is 12.8. The molecule has 5 nitrogen and oxygen atoms in total. The van der Waals surface area contributed by atoms with Gasteiger partial charge in [-0.2, -0.15) is 13.2 Å². The fourth-order valence-corrected chi connectivity index (χ4v) is 3.14. The van der Waals surface area contributed by atoms with Crippen LogP contribution in [0.15, 0.2) is 47.4 Å². The summed E-state index contributed by atoms with van der Waals surface area (Å²) in [6.45, 7) is 0. The second-order valence-electron chi connectivity index (χ2n) is 4.56. The molecule has 9 heteroatoms. The van der Waals surface area contributed by atoms with Gasteiger partial charge in [0.2, 0.25) is 0 Å². The van der Waals surface area contributed by atoms with Crippen molar-refractivity contribution >= 4 is 21.4 Å². The van der Waals surface area contributed by atoms with E-state index in [4.69, 9.17) is 10.5 Å². The molecule has 3 N–H and O–H groups in total. The number of nitrogen functional groups attached to an aromatic ring is 1. The number of alkyl halides is 3. The fraction of sp³-hybridized carbons (Fsp3) is 0.143. The summed E-state index contributed by atoms with van der Waals surface area (Å²) < 4.78 is 70.2. The molecule has 0 fully saturated rings. The van der Waals surface area contributed by atoms with Gasteiger partial charge in [0.25, 0.3) is 10.0 Å². The number of sulfonamides is 1. The van der Waals surface area contributed by atoms with Crippen LogP contribution in [0.2, 0.25) is 0 Å². The molecule has 0 heterocycles. The summed E-state index contributed by atoms with van der Waals surface area (Å²) in [5.41, 5.74) is 4.74. The highest BCUT2D eigenvalue weighted by molar-refractivity contribution is 7.92. The van der Waals surface area contributed by atoms with E-state index in [1.165, 1.54) is 25.3 Å². The van der Waals surface area contributed by atoms with Gasteiger partial charge in [0.15, 0.2) is 0 Å². The molecule has 0 atom stereocenters. The number of nitrogens with two attached hydrogens (primary N) is 1. The Bertz CT molecular complexity index is 820. The average molecular weight is 346 g/mol. The number of para-hydroxylation sites is 2. The Morgan fingerprint density at radius 1 is 1.13 bits per heavy atom. The van der Waals surface area contributed by atoms with Crippen molar-refractivity contribution in [2.45, 2.75) is 11.1 Å². The zero-order valence-corrected chi connectivity index (χ0v) is 12.7. The molecule has 0 aliphatic heterocycles. The second kappa shape index (κ2) is 5.99. The Labute approximate surface area is 130 Å². The van der Waals surface area contributed by atoms with Gasteiger partial charge in [-0.1, -0.05) is 12.1 Å². The molecular weight excluding hydrogens is 333 g/mol. The number of nitrogens with one attached hydrogen (secondary N) is 1. The van der Waals surface area contributed by atoms with Gasteiger partial charge in [0, 0.05) is 0 Å². The fourth-order valence-electron chi connectivity index (χ4n) is 1.85. The zero-order chi connectivity index (χ0) is 17.3. The van der Waals surface area contributed by atoms with Gasteiger partial charge in [-0.05, 0) is 30.3 Å². The summed E-state index contributed by atoms with van der Waals surface area (Å²) in [6.07, 6.45) is -4.68. The number of hydrogen-bond donors (Lipinski definition) is 2. The Balaban J connectivity index is 2.52. The van der Waals surface area contributed by atoms with Crippen LogP contribution in [-0.4, -0.2) is 15.5 Å². The first-order valence-corrected chi connectivity index (χ1v) is 7.76. The summed E-state index contributed by atoms with van der Waals surface area (Å²) in [6, 6.07) is 8.20. The maximum Gasteiger partial charge on any atom is 0.416 e. The molecule has 2 rings (SSSR count). The van der Waals surface area contributed by atoms with Gasteiger partial charge in [-0.15, -0.1) is 0 Å². The highest BCUT2D eigenvalue weighted by Gasteiger charge is 2.33. The molecule has 0 spiro atoms. The van der Waals surface area contributed by atoms with E-state index in [-0.39, 0.29) is 17.1 Å². The summed E-state index contributed by atoms with van der Waals surface area (Å²) in [5.74, 6) is -0.208. The number of anilines is 2. The van der Waals surface area contributed by atoms with Gasteiger partial charge in [0.1, 0.15) is 10.6 Å². The average Bonchev–Trinajstić information content (AvgIpc) is 2.48. The number of halogens is 3. The lowest BCUT2D eigenvalue weighted by atomic mass is 10.2. The molecule has 0 aliphatic carbocycles. The third kappa shape index (κ3) is 3.67. The molecule has 0 amide bonds. The monoisotopic (exact) mass is 346 g/mol. The Kier molecular flexibility index (Phi) is 4.42. The number of benzene rings is 2. The summed E-state index contributed by atoms with van der Waals surface area (Å²) in [7, 11) is -3.15. The highest BCUT2D eigenvalue weighted by atomic mass is 32.2. The first-order valence-electron chi connectivity index (χ1n) is 6.27. The first-order chi connectivity index (χ1) is 10.6. The van der Waals surface area contributed by atoms with Crippen molar-refractivity contribution in [3.63, 3.8) is 0 Å².